The molecule has 0 aliphatic heterocycles. The van der Waals surface area contributed by atoms with E-state index in [2.05, 4.69) is 44.2 Å². The van der Waals surface area contributed by atoms with Crippen molar-refractivity contribution in [1.29, 1.82) is 0 Å². The molecule has 0 saturated heterocycles. The maximum Gasteiger partial charge on any atom is 0.472 e. The number of ether oxygens (including phenoxy) is 2. The molecule has 0 saturated carbocycles. The summed E-state index contributed by atoms with van der Waals surface area (Å²) < 4.78 is 34.2. The number of quaternary nitrogens is 1. The molecule has 0 bridgehead atoms. The van der Waals surface area contributed by atoms with E-state index in [9.17, 15) is 19.0 Å². The summed E-state index contributed by atoms with van der Waals surface area (Å²) >= 11 is 0. The highest BCUT2D eigenvalue weighted by Crippen LogP contribution is 2.43. The first-order chi connectivity index (χ1) is 25.5. The Morgan fingerprint density at radius 3 is 1.66 bits per heavy atom. The first-order valence-corrected chi connectivity index (χ1v) is 22.1. The summed E-state index contributed by atoms with van der Waals surface area (Å²) in [5, 5.41) is 0. The molecule has 9 nitrogen and oxygen atoms in total. The second-order valence-corrected chi connectivity index (χ2v) is 16.2. The van der Waals surface area contributed by atoms with Gasteiger partial charge < -0.3 is 18.9 Å². The molecule has 2 atom stereocenters. The number of unbranched alkanes of at least 4 members (excludes halogenated alkanes) is 15. The van der Waals surface area contributed by atoms with Gasteiger partial charge in [0.2, 0.25) is 0 Å². The van der Waals surface area contributed by atoms with Crippen LogP contribution in [-0.2, 0) is 32.7 Å². The Hall–Kier alpha value is -2.29. The molecule has 10 heteroatoms. The molecular weight excluding hydrogens is 689 g/mol. The lowest BCUT2D eigenvalue weighted by molar-refractivity contribution is -0.870. The molecule has 0 aliphatic carbocycles. The highest BCUT2D eigenvalue weighted by molar-refractivity contribution is 7.47. The number of carbonyl (C=O) groups excluding carboxylic acids is 2. The van der Waals surface area contributed by atoms with Gasteiger partial charge in [0, 0.05) is 12.8 Å². The molecule has 0 radical (unpaired) electrons. The minimum atomic E-state index is -4.38. The Balaban J connectivity index is 4.47. The number of phosphoric ester groups is 1. The summed E-state index contributed by atoms with van der Waals surface area (Å²) in [5.74, 6) is -0.842. The summed E-state index contributed by atoms with van der Waals surface area (Å²) in [5.41, 5.74) is 0. The van der Waals surface area contributed by atoms with Gasteiger partial charge in [0.05, 0.1) is 27.7 Å². The van der Waals surface area contributed by atoms with Crippen LogP contribution in [0.25, 0.3) is 0 Å². The van der Waals surface area contributed by atoms with Crippen LogP contribution in [0.5, 0.6) is 0 Å². The number of phosphoric acid groups is 1. The van der Waals surface area contributed by atoms with Gasteiger partial charge in [-0.3, -0.25) is 18.6 Å². The van der Waals surface area contributed by atoms with Crippen molar-refractivity contribution >= 4 is 19.8 Å². The largest absolute Gasteiger partial charge is 0.472 e. The lowest BCUT2D eigenvalue weighted by atomic mass is 10.1. The number of rotatable bonds is 36. The molecule has 0 aromatic carbocycles. The summed E-state index contributed by atoms with van der Waals surface area (Å²) in [6, 6.07) is 0. The average molecular weight is 767 g/mol. The summed E-state index contributed by atoms with van der Waals surface area (Å²) in [4.78, 5) is 35.3. The van der Waals surface area contributed by atoms with Crippen LogP contribution in [0.3, 0.4) is 0 Å². The van der Waals surface area contributed by atoms with Gasteiger partial charge in [-0.05, 0) is 57.8 Å². The van der Waals surface area contributed by atoms with Crippen LogP contribution in [-0.4, -0.2) is 74.9 Å². The minimum absolute atomic E-state index is 0.0226. The molecule has 0 amide bonds. The van der Waals surface area contributed by atoms with Gasteiger partial charge in [0.25, 0.3) is 0 Å². The van der Waals surface area contributed by atoms with Crippen molar-refractivity contribution in [3.05, 3.63) is 60.8 Å². The predicted octanol–water partition coefficient (Wildman–Crippen LogP) is 11.3. The van der Waals surface area contributed by atoms with Crippen LogP contribution in [0.2, 0.25) is 0 Å². The minimum Gasteiger partial charge on any atom is -0.462 e. The monoisotopic (exact) mass is 767 g/mol. The normalized spacial score (nSPS) is 14.3. The predicted molar refractivity (Wildman–Crippen MR) is 219 cm³/mol. The number of hydrogen-bond donors (Lipinski definition) is 1. The molecule has 0 aromatic rings. The summed E-state index contributed by atoms with van der Waals surface area (Å²) in [6.07, 6.45) is 41.2. The van der Waals surface area contributed by atoms with Crippen molar-refractivity contribution in [3.63, 3.8) is 0 Å². The Morgan fingerprint density at radius 1 is 0.604 bits per heavy atom. The third-order valence-corrected chi connectivity index (χ3v) is 9.36. The topological polar surface area (TPSA) is 108 Å². The molecule has 0 aromatic heterocycles. The SMILES string of the molecule is CC/C=C/C=C/C=C/C=C/CCCCCCCC(=O)O[C@H](COC(=O)CCCCCCC/C=C/CCCCCCC)COP(=O)(O)OCC[N+](C)(C)C. The van der Waals surface area contributed by atoms with Gasteiger partial charge in [-0.15, -0.1) is 0 Å². The van der Waals surface area contributed by atoms with Crippen LogP contribution in [0.4, 0.5) is 0 Å². The Labute approximate surface area is 324 Å². The number of allylic oxidation sites excluding steroid dienone is 10. The lowest BCUT2D eigenvalue weighted by Crippen LogP contribution is -2.37. The number of nitrogens with zero attached hydrogens (tertiary/aromatic N) is 1. The van der Waals surface area contributed by atoms with E-state index < -0.39 is 26.5 Å². The van der Waals surface area contributed by atoms with Crippen LogP contribution in [0.15, 0.2) is 60.8 Å². The van der Waals surface area contributed by atoms with Gasteiger partial charge in [-0.1, -0.05) is 139 Å². The van der Waals surface area contributed by atoms with E-state index in [1.165, 1.54) is 38.5 Å². The highest BCUT2D eigenvalue weighted by Gasteiger charge is 2.27. The van der Waals surface area contributed by atoms with E-state index in [4.69, 9.17) is 18.5 Å². The van der Waals surface area contributed by atoms with Gasteiger partial charge >= 0.3 is 19.8 Å². The lowest BCUT2D eigenvalue weighted by Gasteiger charge is -2.24. The van der Waals surface area contributed by atoms with E-state index in [0.717, 1.165) is 77.0 Å². The molecule has 0 spiro atoms. The van der Waals surface area contributed by atoms with Crippen molar-refractivity contribution in [2.24, 2.45) is 0 Å². The Morgan fingerprint density at radius 2 is 1.09 bits per heavy atom. The van der Waals surface area contributed by atoms with Crippen molar-refractivity contribution < 1.29 is 42.1 Å². The molecule has 306 valence electrons. The second-order valence-electron chi connectivity index (χ2n) is 14.7. The van der Waals surface area contributed by atoms with Crippen LogP contribution in [0, 0.1) is 0 Å². The smallest absolute Gasteiger partial charge is 0.462 e. The van der Waals surface area contributed by atoms with Crippen LogP contribution < -0.4 is 0 Å². The molecule has 0 fully saturated rings. The molecule has 0 rings (SSSR count). The maximum atomic E-state index is 12.6. The average Bonchev–Trinajstić information content (AvgIpc) is 3.10. The van der Waals surface area contributed by atoms with Gasteiger partial charge in [0.1, 0.15) is 19.8 Å². The second kappa shape index (κ2) is 35.4. The van der Waals surface area contributed by atoms with E-state index in [0.29, 0.717) is 17.4 Å². The third kappa shape index (κ3) is 39.2. The fraction of sp³-hybridized carbons (Fsp3) is 0.721. The summed E-state index contributed by atoms with van der Waals surface area (Å²) in [7, 11) is 1.44. The zero-order chi connectivity index (χ0) is 39.3. The van der Waals surface area contributed by atoms with Crippen molar-refractivity contribution in [2.75, 3.05) is 47.5 Å². The van der Waals surface area contributed by atoms with E-state index >= 15 is 0 Å². The summed E-state index contributed by atoms with van der Waals surface area (Å²) in [6.45, 7) is 4.21. The van der Waals surface area contributed by atoms with Crippen molar-refractivity contribution in [2.45, 2.75) is 155 Å². The van der Waals surface area contributed by atoms with Gasteiger partial charge in [0.15, 0.2) is 6.10 Å². The van der Waals surface area contributed by atoms with Crippen molar-refractivity contribution in [3.8, 4) is 0 Å². The first kappa shape index (κ1) is 50.7. The standard InChI is InChI=1S/C43H76NO8P/c1-6-8-10-12-14-16-18-20-22-24-26-28-30-32-34-36-43(46)52-41(40-51-53(47,48)50-38-37-44(3,4)5)39-49-42(45)35-33-31-29-27-25-23-21-19-17-15-13-11-9-7-2/h8,10,12,14,16,18-22,41H,6-7,9,11,13,15,17,23-40H2,1-5H3/p+1/b10-8+,14-12+,18-16+,21-19+,22-20+/t41-/m1/s1. The fourth-order valence-corrected chi connectivity index (χ4v) is 5.88. The quantitative estimate of drug-likeness (QED) is 0.0168. The van der Waals surface area contributed by atoms with Crippen LogP contribution >= 0.6 is 7.82 Å². The van der Waals surface area contributed by atoms with Crippen molar-refractivity contribution in [1.82, 2.24) is 0 Å². The van der Waals surface area contributed by atoms with Gasteiger partial charge in [-0.25, -0.2) is 4.57 Å². The molecule has 0 aliphatic rings. The third-order valence-electron chi connectivity index (χ3n) is 8.38. The molecule has 1 N–H and O–H groups in total. The van der Waals surface area contributed by atoms with E-state index in [-0.39, 0.29) is 32.0 Å². The number of carbonyl (C=O) groups is 2. The van der Waals surface area contributed by atoms with E-state index in [1.54, 1.807) is 0 Å². The Kier molecular flexibility index (Phi) is 33.9. The number of esters is 2. The fourth-order valence-electron chi connectivity index (χ4n) is 5.13. The number of likely N-dealkylation sites (N-methyl/N-ethyl adjacent to an activating group) is 1. The maximum absolute atomic E-state index is 12.6. The number of hydrogen-bond acceptors (Lipinski definition) is 7. The Bertz CT molecular complexity index is 1090. The first-order valence-electron chi connectivity index (χ1n) is 20.6. The molecular formula is C43H77NO8P+. The van der Waals surface area contributed by atoms with E-state index in [1.807, 2.05) is 51.5 Å². The zero-order valence-electron chi connectivity index (χ0n) is 34.2. The molecule has 0 heterocycles. The highest BCUT2D eigenvalue weighted by atomic mass is 31.2. The van der Waals surface area contributed by atoms with Crippen LogP contribution in [0.1, 0.15) is 149 Å². The zero-order valence-corrected chi connectivity index (χ0v) is 35.1. The molecule has 53 heavy (non-hydrogen) atoms. The van der Waals surface area contributed by atoms with Gasteiger partial charge in [-0.2, -0.15) is 0 Å². The molecule has 1 unspecified atom stereocenters.